The maximum atomic E-state index is 12.2. The second-order valence-electron chi connectivity index (χ2n) is 4.85. The van der Waals surface area contributed by atoms with E-state index in [4.69, 9.17) is 0 Å². The first kappa shape index (κ1) is 27.7. The van der Waals surface area contributed by atoms with Crippen LogP contribution in [0, 0.1) is 0 Å². The van der Waals surface area contributed by atoms with E-state index in [-0.39, 0.29) is 0 Å². The molecule has 0 fully saturated rings. The van der Waals surface area contributed by atoms with Crippen molar-refractivity contribution in [1.82, 2.24) is 0 Å². The summed E-state index contributed by atoms with van der Waals surface area (Å²) in [6, 6.07) is 0. The second-order valence-corrected chi connectivity index (χ2v) is 6.27. The summed E-state index contributed by atoms with van der Waals surface area (Å²) in [6.07, 6.45) is -1.41. The van der Waals surface area contributed by atoms with E-state index in [9.17, 15) is 52.5 Å². The van der Waals surface area contributed by atoms with Crippen LogP contribution in [0.1, 0.15) is 0 Å². The minimum absolute atomic E-state index is 0.984. The molecule has 0 spiro atoms. The lowest BCUT2D eigenvalue weighted by molar-refractivity contribution is -0.881. The number of nitrogens with one attached hydrogen (secondary N) is 1. The highest BCUT2D eigenvalue weighted by atomic mass is 32.2. The average molecular weight is 437 g/mol. The third-order valence-corrected chi connectivity index (χ3v) is 3.61. The summed E-state index contributed by atoms with van der Waals surface area (Å²) in [5.41, 5.74) is 0. The van der Waals surface area contributed by atoms with Crippen LogP contribution in [-0.2, 0) is 10.1 Å². The molecule has 0 aromatic heterocycles. The van der Waals surface area contributed by atoms with Crippen LogP contribution in [0.15, 0.2) is 38.0 Å². The number of hydrogen-bond donors (Lipinski definition) is 1. The van der Waals surface area contributed by atoms with Gasteiger partial charge in [0.05, 0.1) is 19.6 Å². The average Bonchev–Trinajstić information content (AvgIpc) is 2.46. The summed E-state index contributed by atoms with van der Waals surface area (Å²) < 4.78 is 135. The Morgan fingerprint density at radius 1 is 0.741 bits per heavy atom. The van der Waals surface area contributed by atoms with Gasteiger partial charge in [-0.3, -0.25) is 0 Å². The summed E-state index contributed by atoms with van der Waals surface area (Å²) in [5, 5.41) is -7.11. The largest absolute Gasteiger partial charge is 0.743 e. The normalized spacial score (nSPS) is 13.6. The van der Waals surface area contributed by atoms with Crippen LogP contribution in [0.25, 0.3) is 0 Å². The minimum atomic E-state index is -7.43. The van der Waals surface area contributed by atoms with Crippen LogP contribution in [0.4, 0.5) is 39.5 Å². The maximum Gasteiger partial charge on any atom is 0.460 e. The van der Waals surface area contributed by atoms with Crippen molar-refractivity contribution >= 4 is 10.1 Å². The van der Waals surface area contributed by atoms with Gasteiger partial charge in [-0.1, -0.05) is 19.7 Å². The summed E-state index contributed by atoms with van der Waals surface area (Å²) in [4.78, 5) is 1.43. The number of hydrogen-bond acceptors (Lipinski definition) is 3. The molecule has 0 bridgehead atoms. The highest BCUT2D eigenvalue weighted by Gasteiger charge is 2.83. The molecule has 0 aliphatic rings. The molecule has 0 saturated heterocycles. The van der Waals surface area contributed by atoms with E-state index >= 15 is 0 Å². The number of alkyl halides is 9. The lowest BCUT2D eigenvalue weighted by atomic mass is 10.1. The van der Waals surface area contributed by atoms with E-state index in [1.54, 1.807) is 0 Å². The molecular weight excluding hydrogens is 421 g/mol. The first-order chi connectivity index (χ1) is 11.8. The molecule has 4 nitrogen and oxygen atoms in total. The monoisotopic (exact) mass is 437 g/mol. The lowest BCUT2D eigenvalue weighted by Crippen LogP contribution is -3.11. The molecule has 14 heteroatoms. The molecule has 0 atom stereocenters. The van der Waals surface area contributed by atoms with Crippen molar-refractivity contribution in [1.29, 1.82) is 0 Å². The molecule has 0 amide bonds. The van der Waals surface area contributed by atoms with Gasteiger partial charge >= 0.3 is 23.3 Å². The Balaban J connectivity index is 0. The Morgan fingerprint density at radius 2 is 1.04 bits per heavy atom. The third-order valence-electron chi connectivity index (χ3n) is 2.73. The molecule has 0 aliphatic carbocycles. The molecule has 1 N–H and O–H groups in total. The van der Waals surface area contributed by atoms with Gasteiger partial charge in [-0.05, 0) is 18.2 Å². The summed E-state index contributed by atoms with van der Waals surface area (Å²) in [6.45, 7) is 14.0. The van der Waals surface area contributed by atoms with Crippen LogP contribution in [0.2, 0.25) is 0 Å². The first-order valence-corrected chi connectivity index (χ1v) is 8.07. The van der Waals surface area contributed by atoms with Crippen molar-refractivity contribution in [2.75, 3.05) is 19.6 Å². The maximum absolute atomic E-state index is 12.2. The first-order valence-electron chi connectivity index (χ1n) is 6.67. The van der Waals surface area contributed by atoms with Crippen molar-refractivity contribution in [2.24, 2.45) is 0 Å². The Morgan fingerprint density at radius 3 is 1.22 bits per heavy atom. The van der Waals surface area contributed by atoms with Crippen molar-refractivity contribution < 1.29 is 57.4 Å². The van der Waals surface area contributed by atoms with Gasteiger partial charge in [0, 0.05) is 0 Å². The zero-order valence-corrected chi connectivity index (χ0v) is 14.3. The zero-order chi connectivity index (χ0) is 22.3. The predicted octanol–water partition coefficient (Wildman–Crippen LogP) is 2.39. The molecule has 160 valence electrons. The number of rotatable bonds is 9. The zero-order valence-electron chi connectivity index (χ0n) is 13.5. The van der Waals surface area contributed by atoms with Gasteiger partial charge < -0.3 is 9.45 Å². The van der Waals surface area contributed by atoms with Gasteiger partial charge in [-0.25, -0.2) is 8.42 Å². The fourth-order valence-corrected chi connectivity index (χ4v) is 1.82. The summed E-state index contributed by atoms with van der Waals surface area (Å²) >= 11 is 0. The van der Waals surface area contributed by atoms with Gasteiger partial charge in [0.1, 0.15) is 0 Å². The minimum Gasteiger partial charge on any atom is -0.743 e. The summed E-state index contributed by atoms with van der Waals surface area (Å²) in [7, 11) is -7.42. The Kier molecular flexibility index (Phi) is 9.83. The molecule has 0 unspecified atom stereocenters. The topological polar surface area (TPSA) is 61.6 Å². The molecular formula is C13H16F9NO3S. The number of halogens is 9. The molecule has 0 saturated carbocycles. The standard InChI is InChI=1S/C9H15N.C4HF9O3S/c1-4-7-10(8-5-2)9-6-3;5-1(6,3(9,10)11)2(7,8)4(12,13)17(14,15)16/h4-6H,1-3,7-9H2;(H,14,15,16). The van der Waals surface area contributed by atoms with Gasteiger partial charge in [-0.15, -0.1) is 0 Å². The highest BCUT2D eigenvalue weighted by Crippen LogP contribution is 2.54. The SMILES string of the molecule is C=CC[NH+](CC=C)CC=C.O=S(=O)([O-])C(F)(F)C(F)(F)C(F)(F)C(F)(F)F. The smallest absolute Gasteiger partial charge is 0.460 e. The van der Waals surface area contributed by atoms with E-state index in [0.29, 0.717) is 0 Å². The lowest BCUT2D eigenvalue weighted by Gasteiger charge is -2.34. The molecule has 27 heavy (non-hydrogen) atoms. The Bertz CT molecular complexity index is 591. The highest BCUT2D eigenvalue weighted by molar-refractivity contribution is 7.86. The molecule has 0 aromatic carbocycles. The quantitative estimate of drug-likeness (QED) is 0.342. The van der Waals surface area contributed by atoms with Crippen molar-refractivity contribution in [3.8, 4) is 0 Å². The Labute approximate surface area is 149 Å². The van der Waals surface area contributed by atoms with Crippen molar-refractivity contribution in [3.63, 3.8) is 0 Å². The molecule has 0 aliphatic heterocycles. The number of quaternary nitrogens is 1. The van der Waals surface area contributed by atoms with Gasteiger partial charge in [0.25, 0.3) is 0 Å². The molecule has 0 heterocycles. The fraction of sp³-hybridized carbons (Fsp3) is 0.538. The van der Waals surface area contributed by atoms with Gasteiger partial charge in [-0.2, -0.15) is 39.5 Å². The van der Waals surface area contributed by atoms with Gasteiger partial charge in [0.15, 0.2) is 10.1 Å². The van der Waals surface area contributed by atoms with Crippen LogP contribution in [-0.4, -0.2) is 55.9 Å². The molecule has 0 radical (unpaired) electrons. The van der Waals surface area contributed by atoms with E-state index in [1.165, 1.54) is 4.90 Å². The fourth-order valence-electron chi connectivity index (χ4n) is 1.38. The van der Waals surface area contributed by atoms with Crippen LogP contribution < -0.4 is 4.90 Å². The van der Waals surface area contributed by atoms with Crippen molar-refractivity contribution in [2.45, 2.75) is 23.3 Å². The Hall–Kier alpha value is -1.54. The van der Waals surface area contributed by atoms with Crippen LogP contribution in [0.3, 0.4) is 0 Å². The third kappa shape index (κ3) is 6.53. The summed E-state index contributed by atoms with van der Waals surface area (Å²) in [5.74, 6) is -14.8. The molecule has 0 rings (SSSR count). The van der Waals surface area contributed by atoms with E-state index in [2.05, 4.69) is 19.7 Å². The van der Waals surface area contributed by atoms with Crippen molar-refractivity contribution in [3.05, 3.63) is 38.0 Å². The van der Waals surface area contributed by atoms with Crippen LogP contribution >= 0.6 is 0 Å². The van der Waals surface area contributed by atoms with E-state index in [1.807, 2.05) is 18.2 Å². The van der Waals surface area contributed by atoms with E-state index in [0.717, 1.165) is 19.6 Å². The van der Waals surface area contributed by atoms with E-state index < -0.39 is 33.4 Å². The van der Waals surface area contributed by atoms with Gasteiger partial charge in [0.2, 0.25) is 0 Å². The van der Waals surface area contributed by atoms with Crippen LogP contribution in [0.5, 0.6) is 0 Å². The molecule has 0 aromatic rings. The second kappa shape index (κ2) is 9.59. The predicted molar refractivity (Wildman–Crippen MR) is 76.7 cm³/mol.